The van der Waals surface area contributed by atoms with Crippen LogP contribution in [0.2, 0.25) is 0 Å². The molecule has 4 heteroatoms. The van der Waals surface area contributed by atoms with Crippen molar-refractivity contribution in [2.45, 2.75) is 18.9 Å². The maximum atomic E-state index is 11.6. The van der Waals surface area contributed by atoms with Crippen molar-refractivity contribution < 1.29 is 14.6 Å². The molecule has 4 nitrogen and oxygen atoms in total. The molecule has 1 amide bonds. The van der Waals surface area contributed by atoms with Crippen LogP contribution in [0.15, 0.2) is 61.2 Å². The number of phenols is 1. The van der Waals surface area contributed by atoms with E-state index < -0.39 is 0 Å². The number of carbonyl (C=O) groups is 1. The standard InChI is InChI=1S/C20H21NO3/c1-2-20(23)21-12-10-18(11-13-21)24-19-5-3-4-16(14-19)15-6-8-17(22)9-7-15/h2-9,14,18,22H,1,10-13H2. The van der Waals surface area contributed by atoms with Gasteiger partial charge in [-0.3, -0.25) is 4.79 Å². The number of nitrogens with zero attached hydrogens (tertiary/aromatic N) is 1. The normalized spacial score (nSPS) is 15.1. The lowest BCUT2D eigenvalue weighted by atomic mass is 10.0. The number of hydrogen-bond acceptors (Lipinski definition) is 3. The molecule has 1 N–H and O–H groups in total. The maximum absolute atomic E-state index is 11.6. The predicted molar refractivity (Wildman–Crippen MR) is 94.0 cm³/mol. The molecule has 2 aromatic carbocycles. The molecule has 2 aromatic rings. The summed E-state index contributed by atoms with van der Waals surface area (Å²) in [5.41, 5.74) is 2.08. The van der Waals surface area contributed by atoms with Gasteiger partial charge in [0.15, 0.2) is 0 Å². The molecule has 1 saturated heterocycles. The fraction of sp³-hybridized carbons (Fsp3) is 0.250. The maximum Gasteiger partial charge on any atom is 0.245 e. The van der Waals surface area contributed by atoms with E-state index in [1.807, 2.05) is 36.4 Å². The molecule has 124 valence electrons. The van der Waals surface area contributed by atoms with E-state index in [1.54, 1.807) is 17.0 Å². The van der Waals surface area contributed by atoms with Crippen LogP contribution in [-0.4, -0.2) is 35.1 Å². The number of piperidine rings is 1. The lowest BCUT2D eigenvalue weighted by Crippen LogP contribution is -2.41. The second-order valence-corrected chi connectivity index (χ2v) is 5.92. The minimum atomic E-state index is -0.0113. The number of aromatic hydroxyl groups is 1. The van der Waals surface area contributed by atoms with Gasteiger partial charge in [0.25, 0.3) is 0 Å². The molecule has 1 heterocycles. The van der Waals surface area contributed by atoms with Crippen molar-refractivity contribution in [1.82, 2.24) is 4.90 Å². The molecule has 0 bridgehead atoms. The minimum Gasteiger partial charge on any atom is -0.508 e. The van der Waals surface area contributed by atoms with Crippen LogP contribution < -0.4 is 4.74 Å². The van der Waals surface area contributed by atoms with Gasteiger partial charge in [0.05, 0.1) is 0 Å². The van der Waals surface area contributed by atoms with Crippen molar-refractivity contribution in [3.05, 3.63) is 61.2 Å². The van der Waals surface area contributed by atoms with E-state index in [1.165, 1.54) is 6.08 Å². The predicted octanol–water partition coefficient (Wildman–Crippen LogP) is 3.62. The van der Waals surface area contributed by atoms with Crippen LogP contribution in [0.5, 0.6) is 11.5 Å². The highest BCUT2D eigenvalue weighted by Gasteiger charge is 2.22. The van der Waals surface area contributed by atoms with E-state index >= 15 is 0 Å². The second-order valence-electron chi connectivity index (χ2n) is 5.92. The molecule has 24 heavy (non-hydrogen) atoms. The summed E-state index contributed by atoms with van der Waals surface area (Å²) >= 11 is 0. The number of ether oxygens (including phenoxy) is 1. The summed E-state index contributed by atoms with van der Waals surface area (Å²) in [6, 6.07) is 15.1. The number of likely N-dealkylation sites (tertiary alicyclic amines) is 1. The van der Waals surface area contributed by atoms with Crippen molar-refractivity contribution in [3.8, 4) is 22.6 Å². The van der Waals surface area contributed by atoms with Crippen molar-refractivity contribution in [3.63, 3.8) is 0 Å². The van der Waals surface area contributed by atoms with E-state index in [4.69, 9.17) is 4.74 Å². The summed E-state index contributed by atoms with van der Waals surface area (Å²) in [5.74, 6) is 1.07. The Morgan fingerprint density at radius 2 is 1.83 bits per heavy atom. The molecule has 0 saturated carbocycles. The Balaban J connectivity index is 1.64. The zero-order chi connectivity index (χ0) is 16.9. The molecule has 0 atom stereocenters. The van der Waals surface area contributed by atoms with Crippen LogP contribution in [0.3, 0.4) is 0 Å². The number of rotatable bonds is 4. The summed E-state index contributed by atoms with van der Waals surface area (Å²) in [6.07, 6.45) is 3.13. The van der Waals surface area contributed by atoms with Crippen LogP contribution in [-0.2, 0) is 4.79 Å². The van der Waals surface area contributed by atoms with E-state index in [-0.39, 0.29) is 17.8 Å². The average molecular weight is 323 g/mol. The van der Waals surface area contributed by atoms with Gasteiger partial charge in [0, 0.05) is 25.9 Å². The molecule has 1 aliphatic rings. The molecule has 0 unspecified atom stereocenters. The third kappa shape index (κ3) is 3.77. The number of phenolic OH excluding ortho intramolecular Hbond substituents is 1. The van der Waals surface area contributed by atoms with Gasteiger partial charge < -0.3 is 14.7 Å². The van der Waals surface area contributed by atoms with Gasteiger partial charge in [-0.05, 0) is 41.5 Å². The van der Waals surface area contributed by atoms with Gasteiger partial charge in [0.1, 0.15) is 17.6 Å². The third-order valence-corrected chi connectivity index (χ3v) is 4.27. The van der Waals surface area contributed by atoms with Crippen LogP contribution in [0.4, 0.5) is 0 Å². The summed E-state index contributed by atoms with van der Waals surface area (Å²) < 4.78 is 6.09. The summed E-state index contributed by atoms with van der Waals surface area (Å²) in [6.45, 7) is 4.93. The lowest BCUT2D eigenvalue weighted by Gasteiger charge is -2.31. The smallest absolute Gasteiger partial charge is 0.245 e. The number of benzene rings is 2. The summed E-state index contributed by atoms with van der Waals surface area (Å²) in [4.78, 5) is 13.4. The first-order chi connectivity index (χ1) is 11.7. The van der Waals surface area contributed by atoms with E-state index in [0.717, 1.165) is 29.7 Å². The van der Waals surface area contributed by atoms with Crippen molar-refractivity contribution in [1.29, 1.82) is 0 Å². The molecule has 0 radical (unpaired) electrons. The molecule has 3 rings (SSSR count). The van der Waals surface area contributed by atoms with Crippen LogP contribution in [0.25, 0.3) is 11.1 Å². The van der Waals surface area contributed by atoms with Gasteiger partial charge in [-0.2, -0.15) is 0 Å². The average Bonchev–Trinajstić information content (AvgIpc) is 2.62. The van der Waals surface area contributed by atoms with E-state index in [0.29, 0.717) is 13.1 Å². The van der Waals surface area contributed by atoms with Crippen molar-refractivity contribution in [2.75, 3.05) is 13.1 Å². The molecule has 1 aliphatic heterocycles. The first-order valence-corrected chi connectivity index (χ1v) is 8.13. The Labute approximate surface area is 142 Å². The van der Waals surface area contributed by atoms with Crippen LogP contribution in [0.1, 0.15) is 12.8 Å². The Bertz CT molecular complexity index is 716. The first-order valence-electron chi connectivity index (χ1n) is 8.13. The highest BCUT2D eigenvalue weighted by Crippen LogP contribution is 2.27. The second kappa shape index (κ2) is 7.21. The number of hydrogen-bond donors (Lipinski definition) is 1. The van der Waals surface area contributed by atoms with E-state index in [9.17, 15) is 9.90 Å². The SMILES string of the molecule is C=CC(=O)N1CCC(Oc2cccc(-c3ccc(O)cc3)c2)CC1. The Kier molecular flexibility index (Phi) is 4.85. The Morgan fingerprint density at radius 3 is 2.50 bits per heavy atom. The number of carbonyl (C=O) groups excluding carboxylic acids is 1. The van der Waals surface area contributed by atoms with Crippen LogP contribution in [0, 0.1) is 0 Å². The van der Waals surface area contributed by atoms with Gasteiger partial charge in [0.2, 0.25) is 5.91 Å². The first kappa shape index (κ1) is 16.1. The quantitative estimate of drug-likeness (QED) is 0.874. The van der Waals surface area contributed by atoms with Gasteiger partial charge in [-0.15, -0.1) is 0 Å². The summed E-state index contributed by atoms with van der Waals surface area (Å²) in [5, 5.41) is 9.39. The Hall–Kier alpha value is -2.75. The number of amides is 1. The summed E-state index contributed by atoms with van der Waals surface area (Å²) in [7, 11) is 0. The molecular formula is C20H21NO3. The highest BCUT2D eigenvalue weighted by molar-refractivity contribution is 5.87. The lowest BCUT2D eigenvalue weighted by molar-refractivity contribution is -0.127. The Morgan fingerprint density at radius 1 is 1.12 bits per heavy atom. The molecule has 0 aromatic heterocycles. The van der Waals surface area contributed by atoms with E-state index in [2.05, 4.69) is 6.58 Å². The highest BCUT2D eigenvalue weighted by atomic mass is 16.5. The molecule has 1 fully saturated rings. The van der Waals surface area contributed by atoms with Crippen molar-refractivity contribution >= 4 is 5.91 Å². The van der Waals surface area contributed by atoms with Crippen LogP contribution >= 0.6 is 0 Å². The molecule has 0 aliphatic carbocycles. The fourth-order valence-corrected chi connectivity index (χ4v) is 2.92. The zero-order valence-electron chi connectivity index (χ0n) is 13.5. The fourth-order valence-electron chi connectivity index (χ4n) is 2.92. The van der Waals surface area contributed by atoms with Gasteiger partial charge in [-0.1, -0.05) is 30.8 Å². The topological polar surface area (TPSA) is 49.8 Å². The van der Waals surface area contributed by atoms with Gasteiger partial charge >= 0.3 is 0 Å². The third-order valence-electron chi connectivity index (χ3n) is 4.27. The molecule has 0 spiro atoms. The minimum absolute atomic E-state index is 0.0113. The largest absolute Gasteiger partial charge is 0.508 e. The van der Waals surface area contributed by atoms with Crippen molar-refractivity contribution in [2.24, 2.45) is 0 Å². The monoisotopic (exact) mass is 323 g/mol. The molecular weight excluding hydrogens is 302 g/mol. The van der Waals surface area contributed by atoms with Gasteiger partial charge in [-0.25, -0.2) is 0 Å². The zero-order valence-corrected chi connectivity index (χ0v) is 13.5.